The summed E-state index contributed by atoms with van der Waals surface area (Å²) >= 11 is 2.91. The fourth-order valence-corrected chi connectivity index (χ4v) is 7.19. The van der Waals surface area contributed by atoms with Crippen LogP contribution in [-0.4, -0.2) is 29.6 Å². The van der Waals surface area contributed by atoms with Gasteiger partial charge in [-0.15, -0.1) is 23.1 Å². The highest BCUT2D eigenvalue weighted by atomic mass is 32.2. The highest BCUT2D eigenvalue weighted by Gasteiger charge is 2.34. The Kier molecular flexibility index (Phi) is 9.41. The molecular formula is C32H38N2O4S2. The number of aryl methyl sites for hydroxylation is 1. The number of rotatable bonds is 8. The van der Waals surface area contributed by atoms with E-state index in [2.05, 4.69) is 31.4 Å². The van der Waals surface area contributed by atoms with Gasteiger partial charge in [-0.2, -0.15) is 0 Å². The molecule has 1 heterocycles. The van der Waals surface area contributed by atoms with E-state index in [1.54, 1.807) is 13.0 Å². The summed E-state index contributed by atoms with van der Waals surface area (Å²) in [5.74, 6) is -0.221. The lowest BCUT2D eigenvalue weighted by molar-refractivity contribution is -0.115. The van der Waals surface area contributed by atoms with Gasteiger partial charge in [0.2, 0.25) is 5.91 Å². The van der Waals surface area contributed by atoms with Gasteiger partial charge in [0.15, 0.2) is 0 Å². The highest BCUT2D eigenvalue weighted by Crippen LogP contribution is 2.44. The van der Waals surface area contributed by atoms with Gasteiger partial charge < -0.3 is 15.4 Å². The second-order valence-electron chi connectivity index (χ2n) is 11.3. The Morgan fingerprint density at radius 1 is 1.10 bits per heavy atom. The van der Waals surface area contributed by atoms with E-state index in [1.165, 1.54) is 28.0 Å². The molecule has 4 rings (SSSR count). The van der Waals surface area contributed by atoms with Crippen molar-refractivity contribution in [2.45, 2.75) is 71.0 Å². The van der Waals surface area contributed by atoms with Gasteiger partial charge in [0.1, 0.15) is 5.00 Å². The van der Waals surface area contributed by atoms with E-state index in [1.807, 2.05) is 56.3 Å². The third-order valence-corrected chi connectivity index (χ3v) is 9.52. The van der Waals surface area contributed by atoms with Crippen molar-refractivity contribution >= 4 is 51.6 Å². The second kappa shape index (κ2) is 12.6. The van der Waals surface area contributed by atoms with Crippen molar-refractivity contribution in [2.24, 2.45) is 11.3 Å². The van der Waals surface area contributed by atoms with Crippen molar-refractivity contribution in [3.8, 4) is 0 Å². The van der Waals surface area contributed by atoms with Crippen molar-refractivity contribution in [1.82, 2.24) is 0 Å². The minimum Gasteiger partial charge on any atom is -0.462 e. The van der Waals surface area contributed by atoms with Crippen molar-refractivity contribution < 1.29 is 19.1 Å². The topological polar surface area (TPSA) is 84.5 Å². The maximum atomic E-state index is 13.3. The Labute approximate surface area is 245 Å². The number of esters is 1. The Morgan fingerprint density at radius 2 is 1.85 bits per heavy atom. The van der Waals surface area contributed by atoms with Crippen LogP contribution in [0.25, 0.3) is 0 Å². The Hall–Kier alpha value is -3.10. The zero-order valence-corrected chi connectivity index (χ0v) is 25.7. The van der Waals surface area contributed by atoms with Crippen molar-refractivity contribution in [1.29, 1.82) is 0 Å². The summed E-state index contributed by atoms with van der Waals surface area (Å²) in [6.07, 6.45) is 2.72. The maximum absolute atomic E-state index is 13.3. The minimum absolute atomic E-state index is 0.175. The van der Waals surface area contributed by atoms with Crippen LogP contribution in [0, 0.1) is 18.3 Å². The largest absolute Gasteiger partial charge is 0.462 e. The van der Waals surface area contributed by atoms with Crippen LogP contribution in [0.3, 0.4) is 0 Å². The van der Waals surface area contributed by atoms with Crippen LogP contribution in [0.1, 0.15) is 77.8 Å². The number of benzene rings is 2. The zero-order chi connectivity index (χ0) is 29.0. The zero-order valence-electron chi connectivity index (χ0n) is 24.1. The predicted molar refractivity (Wildman–Crippen MR) is 165 cm³/mol. The van der Waals surface area contributed by atoms with Crippen molar-refractivity contribution in [2.75, 3.05) is 17.2 Å². The lowest BCUT2D eigenvalue weighted by atomic mass is 9.72. The lowest BCUT2D eigenvalue weighted by Gasteiger charge is -2.33. The van der Waals surface area contributed by atoms with Crippen LogP contribution in [0.4, 0.5) is 10.7 Å². The first-order valence-corrected chi connectivity index (χ1v) is 15.4. The predicted octanol–water partition coefficient (Wildman–Crippen LogP) is 7.76. The fraction of sp³-hybridized carbons (Fsp3) is 0.406. The van der Waals surface area contributed by atoms with Gasteiger partial charge in [-0.05, 0) is 87.3 Å². The number of thiophene rings is 1. The van der Waals surface area contributed by atoms with E-state index in [4.69, 9.17) is 4.74 Å². The summed E-state index contributed by atoms with van der Waals surface area (Å²) in [5.41, 5.74) is 3.98. The molecule has 2 unspecified atom stereocenters. The van der Waals surface area contributed by atoms with Gasteiger partial charge in [-0.3, -0.25) is 9.59 Å². The Balaban J connectivity index is 1.47. The molecule has 3 aromatic rings. The molecule has 2 N–H and O–H groups in total. The number of ether oxygens (including phenoxy) is 1. The van der Waals surface area contributed by atoms with Crippen molar-refractivity contribution in [3.63, 3.8) is 0 Å². The molecule has 0 spiro atoms. The van der Waals surface area contributed by atoms with Gasteiger partial charge in [-0.1, -0.05) is 44.5 Å². The van der Waals surface area contributed by atoms with Gasteiger partial charge in [0.25, 0.3) is 5.91 Å². The van der Waals surface area contributed by atoms with Gasteiger partial charge >= 0.3 is 5.97 Å². The Morgan fingerprint density at radius 3 is 2.55 bits per heavy atom. The quantitative estimate of drug-likeness (QED) is 0.211. The smallest absolute Gasteiger partial charge is 0.341 e. The first kappa shape index (κ1) is 29.9. The van der Waals surface area contributed by atoms with Crippen LogP contribution >= 0.6 is 23.1 Å². The van der Waals surface area contributed by atoms with Crippen LogP contribution in [0.15, 0.2) is 53.4 Å². The molecule has 0 fully saturated rings. The molecule has 8 heteroatoms. The van der Waals surface area contributed by atoms with Gasteiger partial charge in [0.05, 0.1) is 17.4 Å². The summed E-state index contributed by atoms with van der Waals surface area (Å²) in [6.45, 7) is 12.6. The third-order valence-electron chi connectivity index (χ3n) is 7.26. The molecule has 0 bridgehead atoms. The number of anilines is 2. The number of carbonyl (C=O) groups is 3. The number of carbonyl (C=O) groups excluding carboxylic acids is 3. The van der Waals surface area contributed by atoms with E-state index in [0.717, 1.165) is 35.3 Å². The van der Waals surface area contributed by atoms with Gasteiger partial charge in [0, 0.05) is 21.0 Å². The highest BCUT2D eigenvalue weighted by molar-refractivity contribution is 8.00. The lowest BCUT2D eigenvalue weighted by Crippen LogP contribution is -2.27. The molecule has 0 aliphatic heterocycles. The molecule has 1 aliphatic rings. The molecule has 2 atom stereocenters. The summed E-state index contributed by atoms with van der Waals surface area (Å²) < 4.78 is 5.38. The minimum atomic E-state index is -0.431. The number of hydrogen-bond donors (Lipinski definition) is 2. The average Bonchev–Trinajstić information content (AvgIpc) is 3.25. The number of fused-ring (bicyclic) bond motifs is 1. The molecule has 6 nitrogen and oxygen atoms in total. The van der Waals surface area contributed by atoms with Crippen LogP contribution < -0.4 is 10.6 Å². The van der Waals surface area contributed by atoms with E-state index >= 15 is 0 Å². The van der Waals surface area contributed by atoms with Gasteiger partial charge in [-0.25, -0.2) is 4.79 Å². The molecular weight excluding hydrogens is 540 g/mol. The summed E-state index contributed by atoms with van der Waals surface area (Å²) in [6, 6.07) is 14.9. The van der Waals surface area contributed by atoms with Crippen LogP contribution in [0.2, 0.25) is 0 Å². The number of thioether (sulfide) groups is 1. The molecule has 40 heavy (non-hydrogen) atoms. The first-order chi connectivity index (χ1) is 19.0. The molecule has 2 aromatic carbocycles. The van der Waals surface area contributed by atoms with E-state index in [0.29, 0.717) is 27.7 Å². The summed E-state index contributed by atoms with van der Waals surface area (Å²) in [4.78, 5) is 41.0. The molecule has 0 saturated heterocycles. The summed E-state index contributed by atoms with van der Waals surface area (Å²) in [7, 11) is 0. The monoisotopic (exact) mass is 578 g/mol. The van der Waals surface area contributed by atoms with E-state index in [-0.39, 0.29) is 29.8 Å². The standard InChI is InChI=1S/C32H38N2O4S2/c1-7-38-31(37)27-25-15-14-22(32(4,5)6)17-26(25)40-30(27)34-28(35)20(3)39-24-13-9-12-23(18-24)33-29(36)21-11-8-10-19(2)16-21/h8-13,16,18,20,22H,7,14-15,17H2,1-6H3,(H,33,36)(H,34,35). The third kappa shape index (κ3) is 7.15. The molecule has 2 amide bonds. The SMILES string of the molecule is CCOC(=O)c1c(NC(=O)C(C)Sc2cccc(NC(=O)c3cccc(C)c3)c2)sc2c1CCC(C(C)(C)C)C2. The maximum Gasteiger partial charge on any atom is 0.341 e. The average molecular weight is 579 g/mol. The Bertz CT molecular complexity index is 1410. The first-order valence-electron chi connectivity index (χ1n) is 13.7. The van der Waals surface area contributed by atoms with E-state index < -0.39 is 5.25 Å². The molecule has 1 aliphatic carbocycles. The second-order valence-corrected chi connectivity index (χ2v) is 13.9. The molecule has 1 aromatic heterocycles. The number of amides is 2. The summed E-state index contributed by atoms with van der Waals surface area (Å²) in [5, 5.41) is 6.13. The number of hydrogen-bond acceptors (Lipinski definition) is 6. The fourth-order valence-electron chi connectivity index (χ4n) is 4.94. The van der Waals surface area contributed by atoms with Crippen LogP contribution in [0.5, 0.6) is 0 Å². The molecule has 0 radical (unpaired) electrons. The normalized spacial score (nSPS) is 15.6. The number of nitrogens with one attached hydrogen (secondary N) is 2. The van der Waals surface area contributed by atoms with Crippen molar-refractivity contribution in [3.05, 3.63) is 75.7 Å². The van der Waals surface area contributed by atoms with Crippen LogP contribution in [-0.2, 0) is 22.4 Å². The molecule has 0 saturated carbocycles. The molecule has 212 valence electrons. The van der Waals surface area contributed by atoms with E-state index in [9.17, 15) is 14.4 Å².